The van der Waals surface area contributed by atoms with Crippen LogP contribution in [-0.4, -0.2) is 37.6 Å². The topological polar surface area (TPSA) is 95.6 Å². The largest absolute Gasteiger partial charge is 0.348 e. The maximum Gasteiger partial charge on any atom is 0.243 e. The highest BCUT2D eigenvalue weighted by molar-refractivity contribution is 7.89. The quantitative estimate of drug-likeness (QED) is 0.698. The van der Waals surface area contributed by atoms with Crippen molar-refractivity contribution in [1.29, 1.82) is 0 Å². The van der Waals surface area contributed by atoms with Crippen LogP contribution < -0.4 is 10.6 Å². The molecule has 29 heavy (non-hydrogen) atoms. The second-order valence-electron chi connectivity index (χ2n) is 7.01. The van der Waals surface area contributed by atoms with Crippen molar-refractivity contribution in [3.8, 4) is 0 Å². The Morgan fingerprint density at radius 1 is 1.10 bits per heavy atom. The van der Waals surface area contributed by atoms with Crippen molar-refractivity contribution in [1.82, 2.24) is 9.62 Å². The Morgan fingerprint density at radius 3 is 2.38 bits per heavy atom. The van der Waals surface area contributed by atoms with E-state index in [4.69, 9.17) is 0 Å². The van der Waals surface area contributed by atoms with Crippen LogP contribution in [0.5, 0.6) is 0 Å². The van der Waals surface area contributed by atoms with Crippen molar-refractivity contribution >= 4 is 38.9 Å². The zero-order valence-corrected chi connectivity index (χ0v) is 17.9. The van der Waals surface area contributed by atoms with Crippen molar-refractivity contribution in [3.05, 3.63) is 46.7 Å². The molecule has 1 aromatic carbocycles. The predicted molar refractivity (Wildman–Crippen MR) is 113 cm³/mol. The van der Waals surface area contributed by atoms with E-state index in [9.17, 15) is 18.0 Å². The van der Waals surface area contributed by atoms with E-state index in [1.54, 1.807) is 12.1 Å². The molecule has 9 heteroatoms. The van der Waals surface area contributed by atoms with Gasteiger partial charge in [0.2, 0.25) is 21.8 Å². The Labute approximate surface area is 175 Å². The minimum Gasteiger partial charge on any atom is -0.348 e. The Kier molecular flexibility index (Phi) is 7.05. The number of benzene rings is 1. The lowest BCUT2D eigenvalue weighted by molar-refractivity contribution is -0.120. The van der Waals surface area contributed by atoms with Gasteiger partial charge in [0.1, 0.15) is 0 Å². The molecular formula is C20H25N3O4S2. The third kappa shape index (κ3) is 5.65. The molecule has 1 atom stereocenters. The third-order valence-electron chi connectivity index (χ3n) is 4.74. The molecule has 1 aromatic heterocycles. The predicted octanol–water partition coefficient (Wildman–Crippen LogP) is 3.13. The summed E-state index contributed by atoms with van der Waals surface area (Å²) in [5.74, 6) is -0.466. The molecule has 0 bridgehead atoms. The lowest BCUT2D eigenvalue weighted by atomic mass is 10.1. The number of hydrogen-bond donors (Lipinski definition) is 2. The van der Waals surface area contributed by atoms with E-state index in [0.29, 0.717) is 18.8 Å². The van der Waals surface area contributed by atoms with Gasteiger partial charge in [0.15, 0.2) is 0 Å². The van der Waals surface area contributed by atoms with E-state index in [0.717, 1.165) is 24.1 Å². The molecule has 0 aliphatic carbocycles. The summed E-state index contributed by atoms with van der Waals surface area (Å²) in [6.45, 7) is 2.52. The summed E-state index contributed by atoms with van der Waals surface area (Å²) in [6.07, 6.45) is 2.91. The molecule has 1 saturated heterocycles. The zero-order valence-electron chi connectivity index (χ0n) is 16.3. The van der Waals surface area contributed by atoms with Gasteiger partial charge in [-0.1, -0.05) is 12.5 Å². The fraction of sp³-hybridized carbons (Fsp3) is 0.400. The maximum absolute atomic E-state index is 12.7. The van der Waals surface area contributed by atoms with Gasteiger partial charge in [0, 0.05) is 30.6 Å². The van der Waals surface area contributed by atoms with Crippen molar-refractivity contribution in [2.24, 2.45) is 0 Å². The minimum atomic E-state index is -3.49. The first-order valence-electron chi connectivity index (χ1n) is 9.57. The second kappa shape index (κ2) is 9.51. The molecule has 2 N–H and O–H groups in total. The summed E-state index contributed by atoms with van der Waals surface area (Å²) >= 11 is 1.47. The number of anilines is 1. The Bertz CT molecular complexity index is 935. The molecule has 156 valence electrons. The average Bonchev–Trinajstić information content (AvgIpc) is 3.23. The summed E-state index contributed by atoms with van der Waals surface area (Å²) in [6, 6.07) is 9.56. The molecule has 1 aliphatic heterocycles. The smallest absolute Gasteiger partial charge is 0.243 e. The standard InChI is InChI=1S/C20H25N3O4S2/c1-15(24)21-18(19-6-5-13-28-19)14-20(25)22-16-7-9-17(10-8-16)29(26,27)23-11-3-2-4-12-23/h5-10,13,18H,2-4,11-12,14H2,1H3,(H,21,24)(H,22,25)/t18-/m1/s1. The Balaban J connectivity index is 1.64. The number of carbonyl (C=O) groups is 2. The minimum absolute atomic E-state index is 0.0912. The lowest BCUT2D eigenvalue weighted by Gasteiger charge is -2.25. The van der Waals surface area contributed by atoms with Gasteiger partial charge in [-0.25, -0.2) is 8.42 Å². The number of amides is 2. The summed E-state index contributed by atoms with van der Waals surface area (Å²) in [5.41, 5.74) is 0.514. The normalized spacial score (nSPS) is 16.2. The number of nitrogens with one attached hydrogen (secondary N) is 2. The number of piperidine rings is 1. The fourth-order valence-electron chi connectivity index (χ4n) is 3.32. The van der Waals surface area contributed by atoms with Gasteiger partial charge in [0.05, 0.1) is 17.4 Å². The van der Waals surface area contributed by atoms with Crippen molar-refractivity contribution < 1.29 is 18.0 Å². The Hall–Kier alpha value is -2.23. The molecule has 0 spiro atoms. The number of hydrogen-bond acceptors (Lipinski definition) is 5. The first kappa shape index (κ1) is 21.5. The van der Waals surface area contributed by atoms with Gasteiger partial charge >= 0.3 is 0 Å². The van der Waals surface area contributed by atoms with Crippen LogP contribution >= 0.6 is 11.3 Å². The number of thiophene rings is 1. The van der Waals surface area contributed by atoms with Crippen LogP contribution in [-0.2, 0) is 19.6 Å². The van der Waals surface area contributed by atoms with Gasteiger partial charge in [-0.15, -0.1) is 11.3 Å². The van der Waals surface area contributed by atoms with E-state index >= 15 is 0 Å². The summed E-state index contributed by atoms with van der Waals surface area (Å²) in [7, 11) is -3.49. The molecule has 0 radical (unpaired) electrons. The van der Waals surface area contributed by atoms with Crippen LogP contribution in [0.1, 0.15) is 43.5 Å². The van der Waals surface area contributed by atoms with E-state index in [2.05, 4.69) is 10.6 Å². The molecular weight excluding hydrogens is 410 g/mol. The van der Waals surface area contributed by atoms with Crippen LogP contribution in [0.25, 0.3) is 0 Å². The monoisotopic (exact) mass is 435 g/mol. The number of rotatable bonds is 7. The van der Waals surface area contributed by atoms with Crippen molar-refractivity contribution in [3.63, 3.8) is 0 Å². The SMILES string of the molecule is CC(=O)N[C@H](CC(=O)Nc1ccc(S(=O)(=O)N2CCCCC2)cc1)c1cccs1. The summed E-state index contributed by atoms with van der Waals surface area (Å²) < 4.78 is 26.9. The number of sulfonamides is 1. The van der Waals surface area contributed by atoms with E-state index in [-0.39, 0.29) is 23.1 Å². The molecule has 0 saturated carbocycles. The molecule has 1 aliphatic rings. The van der Waals surface area contributed by atoms with Crippen molar-refractivity contribution in [2.75, 3.05) is 18.4 Å². The van der Waals surface area contributed by atoms with Gasteiger partial charge in [-0.05, 0) is 48.6 Å². The fourth-order valence-corrected chi connectivity index (χ4v) is 5.61. The summed E-state index contributed by atoms with van der Waals surface area (Å²) in [4.78, 5) is 25.0. The van der Waals surface area contributed by atoms with Gasteiger partial charge < -0.3 is 10.6 Å². The molecule has 2 aromatic rings. The van der Waals surface area contributed by atoms with Gasteiger partial charge in [0.25, 0.3) is 0 Å². The van der Waals surface area contributed by atoms with Gasteiger partial charge in [-0.3, -0.25) is 9.59 Å². The molecule has 2 heterocycles. The van der Waals surface area contributed by atoms with E-state index in [1.165, 1.54) is 34.7 Å². The van der Waals surface area contributed by atoms with E-state index in [1.807, 2.05) is 17.5 Å². The van der Waals surface area contributed by atoms with Gasteiger partial charge in [-0.2, -0.15) is 4.31 Å². The van der Waals surface area contributed by atoms with Crippen LogP contribution in [0.2, 0.25) is 0 Å². The second-order valence-corrected chi connectivity index (χ2v) is 9.93. The molecule has 1 fully saturated rings. The molecule has 0 unspecified atom stereocenters. The van der Waals surface area contributed by atoms with Crippen LogP contribution in [0.15, 0.2) is 46.7 Å². The van der Waals surface area contributed by atoms with Crippen LogP contribution in [0.4, 0.5) is 5.69 Å². The van der Waals surface area contributed by atoms with E-state index < -0.39 is 16.1 Å². The average molecular weight is 436 g/mol. The number of carbonyl (C=O) groups excluding carboxylic acids is 2. The zero-order chi connectivity index (χ0) is 20.9. The Morgan fingerprint density at radius 2 is 1.79 bits per heavy atom. The molecule has 3 rings (SSSR count). The third-order valence-corrected chi connectivity index (χ3v) is 7.64. The molecule has 2 amide bonds. The molecule has 7 nitrogen and oxygen atoms in total. The highest BCUT2D eigenvalue weighted by Gasteiger charge is 2.26. The first-order valence-corrected chi connectivity index (χ1v) is 11.9. The first-order chi connectivity index (χ1) is 13.9. The van der Waals surface area contributed by atoms with Crippen molar-refractivity contribution in [2.45, 2.75) is 43.5 Å². The maximum atomic E-state index is 12.7. The number of nitrogens with zero attached hydrogens (tertiary/aromatic N) is 1. The lowest BCUT2D eigenvalue weighted by Crippen LogP contribution is -2.35. The summed E-state index contributed by atoms with van der Waals surface area (Å²) in [5, 5.41) is 7.45. The highest BCUT2D eigenvalue weighted by Crippen LogP contribution is 2.24. The highest BCUT2D eigenvalue weighted by atomic mass is 32.2. The van der Waals surface area contributed by atoms with Crippen LogP contribution in [0.3, 0.4) is 0 Å². The van der Waals surface area contributed by atoms with Crippen LogP contribution in [0, 0.1) is 0 Å².